The third-order valence-corrected chi connectivity index (χ3v) is 5.94. The molecule has 6 heteroatoms. The number of carbonyl (C=O) groups excluding carboxylic acids is 2. The lowest BCUT2D eigenvalue weighted by molar-refractivity contribution is -0.122. The molecule has 3 rings (SSSR count). The predicted molar refractivity (Wildman–Crippen MR) is 111 cm³/mol. The van der Waals surface area contributed by atoms with Gasteiger partial charge in [-0.25, -0.2) is 4.79 Å². The summed E-state index contributed by atoms with van der Waals surface area (Å²) in [5, 5.41) is 3.54. The first kappa shape index (κ1) is 20.4. The Kier molecular flexibility index (Phi) is 7.09. The molecule has 0 radical (unpaired) electrons. The van der Waals surface area contributed by atoms with Crippen LogP contribution >= 0.6 is 11.3 Å². The monoisotopic (exact) mass is 401 g/mol. The van der Waals surface area contributed by atoms with Crippen molar-refractivity contribution in [3.8, 4) is 5.75 Å². The highest BCUT2D eigenvalue weighted by atomic mass is 32.1. The quantitative estimate of drug-likeness (QED) is 0.633. The summed E-state index contributed by atoms with van der Waals surface area (Å²) in [7, 11) is 0. The third-order valence-electron chi connectivity index (χ3n) is 4.73. The van der Waals surface area contributed by atoms with Gasteiger partial charge in [-0.2, -0.15) is 0 Å². The SMILES string of the molecule is CCCOC(=O)c1c(NC(=O)[C@@H](CC)Oc2ccccc2)sc2c1CCCC2. The molecule has 0 saturated carbocycles. The number of amides is 1. The maximum Gasteiger partial charge on any atom is 0.341 e. The summed E-state index contributed by atoms with van der Waals surface area (Å²) < 4.78 is 11.2. The van der Waals surface area contributed by atoms with Gasteiger partial charge in [-0.15, -0.1) is 11.3 Å². The molecule has 0 saturated heterocycles. The number of anilines is 1. The first-order chi connectivity index (χ1) is 13.6. The van der Waals surface area contributed by atoms with E-state index in [-0.39, 0.29) is 11.9 Å². The molecule has 0 unspecified atom stereocenters. The van der Waals surface area contributed by atoms with Crippen LogP contribution in [0.1, 0.15) is 60.3 Å². The first-order valence-electron chi connectivity index (χ1n) is 9.98. The normalized spacial score (nSPS) is 14.1. The fourth-order valence-corrected chi connectivity index (χ4v) is 4.60. The fraction of sp³-hybridized carbons (Fsp3) is 0.455. The van der Waals surface area contributed by atoms with Gasteiger partial charge >= 0.3 is 5.97 Å². The van der Waals surface area contributed by atoms with E-state index < -0.39 is 6.10 Å². The molecule has 28 heavy (non-hydrogen) atoms. The van der Waals surface area contributed by atoms with E-state index in [0.717, 1.165) is 37.7 Å². The highest BCUT2D eigenvalue weighted by Gasteiger charge is 2.29. The minimum Gasteiger partial charge on any atom is -0.481 e. The molecule has 1 aromatic carbocycles. The zero-order chi connectivity index (χ0) is 19.9. The Balaban J connectivity index is 1.80. The molecule has 0 bridgehead atoms. The second-order valence-electron chi connectivity index (χ2n) is 6.87. The van der Waals surface area contributed by atoms with Crippen LogP contribution < -0.4 is 10.1 Å². The average Bonchev–Trinajstić information content (AvgIpc) is 3.08. The average molecular weight is 402 g/mol. The Labute approximate surface area is 170 Å². The highest BCUT2D eigenvalue weighted by Crippen LogP contribution is 2.38. The van der Waals surface area contributed by atoms with Crippen molar-refractivity contribution < 1.29 is 19.1 Å². The van der Waals surface area contributed by atoms with Crippen LogP contribution in [0.4, 0.5) is 5.00 Å². The second kappa shape index (κ2) is 9.73. The van der Waals surface area contributed by atoms with Crippen molar-refractivity contribution in [1.82, 2.24) is 0 Å². The van der Waals surface area contributed by atoms with Crippen LogP contribution in [-0.2, 0) is 22.4 Å². The van der Waals surface area contributed by atoms with Crippen LogP contribution in [0.15, 0.2) is 30.3 Å². The lowest BCUT2D eigenvalue weighted by atomic mass is 9.95. The number of hydrogen-bond donors (Lipinski definition) is 1. The van der Waals surface area contributed by atoms with Gasteiger partial charge in [0.2, 0.25) is 0 Å². The number of carbonyl (C=O) groups is 2. The third kappa shape index (κ3) is 4.73. The summed E-state index contributed by atoms with van der Waals surface area (Å²) in [4.78, 5) is 26.7. The van der Waals surface area contributed by atoms with E-state index in [4.69, 9.17) is 9.47 Å². The Morgan fingerprint density at radius 1 is 1.14 bits per heavy atom. The van der Waals surface area contributed by atoms with Gasteiger partial charge in [0.05, 0.1) is 12.2 Å². The van der Waals surface area contributed by atoms with Crippen LogP contribution in [0, 0.1) is 0 Å². The highest BCUT2D eigenvalue weighted by molar-refractivity contribution is 7.17. The van der Waals surface area contributed by atoms with Crippen molar-refractivity contribution in [3.63, 3.8) is 0 Å². The Morgan fingerprint density at radius 3 is 2.61 bits per heavy atom. The molecule has 1 amide bonds. The van der Waals surface area contributed by atoms with E-state index in [9.17, 15) is 9.59 Å². The number of aryl methyl sites for hydroxylation is 1. The van der Waals surface area contributed by atoms with Gasteiger partial charge in [0, 0.05) is 4.88 Å². The van der Waals surface area contributed by atoms with Gasteiger partial charge in [-0.05, 0) is 56.2 Å². The van der Waals surface area contributed by atoms with Gasteiger partial charge in [0.1, 0.15) is 10.8 Å². The largest absolute Gasteiger partial charge is 0.481 e. The molecule has 1 N–H and O–H groups in total. The molecule has 1 aliphatic rings. The van der Waals surface area contributed by atoms with E-state index in [1.807, 2.05) is 44.2 Å². The summed E-state index contributed by atoms with van der Waals surface area (Å²) in [5.41, 5.74) is 1.58. The standard InChI is InChI=1S/C22H27NO4S/c1-3-14-26-22(25)19-16-12-8-9-13-18(16)28-21(19)23-20(24)17(4-2)27-15-10-6-5-7-11-15/h5-7,10-11,17H,3-4,8-9,12-14H2,1-2H3,(H,23,24)/t17-/m1/s1. The van der Waals surface area contributed by atoms with Gasteiger partial charge in [-0.1, -0.05) is 32.0 Å². The van der Waals surface area contributed by atoms with Gasteiger partial charge in [-0.3, -0.25) is 4.79 Å². The zero-order valence-corrected chi connectivity index (χ0v) is 17.3. The maximum absolute atomic E-state index is 12.9. The lowest BCUT2D eigenvalue weighted by Crippen LogP contribution is -2.32. The second-order valence-corrected chi connectivity index (χ2v) is 7.97. The molecule has 1 heterocycles. The van der Waals surface area contributed by atoms with E-state index in [0.29, 0.717) is 29.3 Å². The number of ether oxygens (including phenoxy) is 2. The number of fused-ring (bicyclic) bond motifs is 1. The summed E-state index contributed by atoms with van der Waals surface area (Å²) >= 11 is 1.50. The molecule has 150 valence electrons. The Morgan fingerprint density at radius 2 is 1.89 bits per heavy atom. The molecular formula is C22H27NO4S. The van der Waals surface area contributed by atoms with Crippen molar-refractivity contribution in [3.05, 3.63) is 46.3 Å². The Bertz CT molecular complexity index is 815. The summed E-state index contributed by atoms with van der Waals surface area (Å²) in [5.74, 6) is 0.0700. The Hall–Kier alpha value is -2.34. The van der Waals surface area contributed by atoms with Crippen LogP contribution in [0.5, 0.6) is 5.75 Å². The van der Waals surface area contributed by atoms with Crippen LogP contribution in [-0.4, -0.2) is 24.6 Å². The van der Waals surface area contributed by atoms with Crippen LogP contribution in [0.25, 0.3) is 0 Å². The van der Waals surface area contributed by atoms with E-state index in [1.54, 1.807) is 0 Å². The molecule has 1 aliphatic carbocycles. The molecule has 0 aliphatic heterocycles. The van der Waals surface area contributed by atoms with Gasteiger partial charge in [0.25, 0.3) is 5.91 Å². The van der Waals surface area contributed by atoms with E-state index >= 15 is 0 Å². The van der Waals surface area contributed by atoms with Gasteiger partial charge < -0.3 is 14.8 Å². The summed E-state index contributed by atoms with van der Waals surface area (Å²) in [6.07, 6.45) is 4.64. The van der Waals surface area contributed by atoms with Crippen molar-refractivity contribution in [2.75, 3.05) is 11.9 Å². The molecular weight excluding hydrogens is 374 g/mol. The van der Waals surface area contributed by atoms with Crippen molar-refractivity contribution in [1.29, 1.82) is 0 Å². The molecule has 2 aromatic rings. The minimum atomic E-state index is -0.624. The number of rotatable bonds is 8. The minimum absolute atomic E-state index is 0.241. The smallest absolute Gasteiger partial charge is 0.341 e. The van der Waals surface area contributed by atoms with Crippen molar-refractivity contribution in [2.24, 2.45) is 0 Å². The number of thiophene rings is 1. The van der Waals surface area contributed by atoms with Crippen LogP contribution in [0.3, 0.4) is 0 Å². The lowest BCUT2D eigenvalue weighted by Gasteiger charge is -2.17. The molecule has 1 aromatic heterocycles. The van der Waals surface area contributed by atoms with E-state index in [2.05, 4.69) is 5.32 Å². The first-order valence-corrected chi connectivity index (χ1v) is 10.8. The van der Waals surface area contributed by atoms with Crippen LogP contribution in [0.2, 0.25) is 0 Å². The number of esters is 1. The number of nitrogens with one attached hydrogen (secondary N) is 1. The topological polar surface area (TPSA) is 64.6 Å². The van der Waals surface area contributed by atoms with Gasteiger partial charge in [0.15, 0.2) is 6.10 Å². The number of hydrogen-bond acceptors (Lipinski definition) is 5. The predicted octanol–water partition coefficient (Wildman–Crippen LogP) is 4.99. The molecule has 5 nitrogen and oxygen atoms in total. The summed E-state index contributed by atoms with van der Waals surface area (Å²) in [6, 6.07) is 9.29. The molecule has 0 spiro atoms. The van der Waals surface area contributed by atoms with E-state index in [1.165, 1.54) is 16.2 Å². The van der Waals surface area contributed by atoms with Crippen molar-refractivity contribution >= 4 is 28.2 Å². The van der Waals surface area contributed by atoms with Crippen molar-refractivity contribution in [2.45, 2.75) is 58.5 Å². The molecule has 0 fully saturated rings. The molecule has 1 atom stereocenters. The number of para-hydroxylation sites is 1. The summed E-state index contributed by atoms with van der Waals surface area (Å²) in [6.45, 7) is 4.25. The maximum atomic E-state index is 12.9. The fourth-order valence-electron chi connectivity index (χ4n) is 3.31. The zero-order valence-electron chi connectivity index (χ0n) is 16.5. The number of benzene rings is 1.